The van der Waals surface area contributed by atoms with Crippen molar-refractivity contribution in [2.24, 2.45) is 5.92 Å². The SMILES string of the molecule is CC[C@@H](C)[C@H](NC(=O)NCCc1ccccc1)C(=O)[O-]. The maximum atomic E-state index is 11.7. The molecule has 5 heteroatoms. The number of urea groups is 1. The summed E-state index contributed by atoms with van der Waals surface area (Å²) in [4.78, 5) is 22.6. The van der Waals surface area contributed by atoms with Gasteiger partial charge in [-0.25, -0.2) is 4.79 Å². The lowest BCUT2D eigenvalue weighted by Gasteiger charge is -2.25. The van der Waals surface area contributed by atoms with Gasteiger partial charge in [0.05, 0.1) is 12.0 Å². The minimum atomic E-state index is -1.25. The number of rotatable bonds is 7. The van der Waals surface area contributed by atoms with Crippen LogP contribution in [0.4, 0.5) is 4.79 Å². The van der Waals surface area contributed by atoms with Crippen LogP contribution in [0.1, 0.15) is 25.8 Å². The number of benzene rings is 1. The summed E-state index contributed by atoms with van der Waals surface area (Å²) in [6.07, 6.45) is 1.36. The van der Waals surface area contributed by atoms with Crippen molar-refractivity contribution in [2.45, 2.75) is 32.7 Å². The van der Waals surface area contributed by atoms with Gasteiger partial charge in [-0.05, 0) is 17.9 Å². The molecule has 0 aromatic heterocycles. The van der Waals surface area contributed by atoms with Crippen molar-refractivity contribution >= 4 is 12.0 Å². The van der Waals surface area contributed by atoms with E-state index in [1.54, 1.807) is 6.92 Å². The van der Waals surface area contributed by atoms with Crippen LogP contribution in [0.5, 0.6) is 0 Å². The van der Waals surface area contributed by atoms with Gasteiger partial charge in [-0.15, -0.1) is 0 Å². The number of aliphatic carboxylic acids is 1. The molecule has 110 valence electrons. The van der Waals surface area contributed by atoms with Gasteiger partial charge >= 0.3 is 6.03 Å². The predicted octanol–water partition coefficient (Wildman–Crippen LogP) is 0.693. The molecule has 0 fully saturated rings. The van der Waals surface area contributed by atoms with Crippen LogP contribution < -0.4 is 15.7 Å². The molecular weight excluding hydrogens is 256 g/mol. The van der Waals surface area contributed by atoms with E-state index < -0.39 is 18.0 Å². The van der Waals surface area contributed by atoms with Gasteiger partial charge in [0.1, 0.15) is 0 Å². The molecule has 0 saturated carbocycles. The molecule has 1 aromatic carbocycles. The molecule has 0 bridgehead atoms. The van der Waals surface area contributed by atoms with E-state index in [0.29, 0.717) is 19.4 Å². The molecule has 0 aliphatic heterocycles. The van der Waals surface area contributed by atoms with E-state index in [1.807, 2.05) is 37.3 Å². The fourth-order valence-electron chi connectivity index (χ4n) is 1.83. The molecule has 2 amide bonds. The summed E-state index contributed by atoms with van der Waals surface area (Å²) in [6, 6.07) is 8.31. The van der Waals surface area contributed by atoms with E-state index in [9.17, 15) is 14.7 Å². The topological polar surface area (TPSA) is 81.3 Å². The lowest BCUT2D eigenvalue weighted by Crippen LogP contribution is -2.54. The Hall–Kier alpha value is -2.04. The normalized spacial score (nSPS) is 13.3. The first-order valence-corrected chi connectivity index (χ1v) is 6.83. The quantitative estimate of drug-likeness (QED) is 0.769. The average molecular weight is 277 g/mol. The Kier molecular flexibility index (Phi) is 6.56. The highest BCUT2D eigenvalue weighted by Crippen LogP contribution is 2.06. The lowest BCUT2D eigenvalue weighted by molar-refractivity contribution is -0.309. The van der Waals surface area contributed by atoms with Crippen molar-refractivity contribution in [3.05, 3.63) is 35.9 Å². The molecular formula is C15H21N2O3-. The molecule has 2 N–H and O–H groups in total. The van der Waals surface area contributed by atoms with Gasteiger partial charge in [0.2, 0.25) is 0 Å². The summed E-state index contributed by atoms with van der Waals surface area (Å²) < 4.78 is 0. The number of carbonyl (C=O) groups is 2. The molecule has 0 radical (unpaired) electrons. The number of hydrogen-bond acceptors (Lipinski definition) is 3. The minimum Gasteiger partial charge on any atom is -0.548 e. The second-order valence-corrected chi connectivity index (χ2v) is 4.82. The number of carboxylic acids is 1. The molecule has 0 aliphatic carbocycles. The van der Waals surface area contributed by atoms with E-state index in [2.05, 4.69) is 10.6 Å². The van der Waals surface area contributed by atoms with Crippen molar-refractivity contribution in [1.29, 1.82) is 0 Å². The molecule has 0 unspecified atom stereocenters. The molecule has 2 atom stereocenters. The third kappa shape index (κ3) is 5.30. The molecule has 0 aliphatic rings. The van der Waals surface area contributed by atoms with Crippen LogP contribution in [-0.2, 0) is 11.2 Å². The summed E-state index contributed by atoms with van der Waals surface area (Å²) >= 11 is 0. The van der Waals surface area contributed by atoms with E-state index in [4.69, 9.17) is 0 Å². The highest BCUT2D eigenvalue weighted by molar-refractivity contribution is 5.81. The fourth-order valence-corrected chi connectivity index (χ4v) is 1.83. The lowest BCUT2D eigenvalue weighted by atomic mass is 9.99. The van der Waals surface area contributed by atoms with Crippen molar-refractivity contribution in [3.8, 4) is 0 Å². The Morgan fingerprint density at radius 2 is 1.90 bits per heavy atom. The average Bonchev–Trinajstić information content (AvgIpc) is 2.45. The summed E-state index contributed by atoms with van der Waals surface area (Å²) in [5.41, 5.74) is 1.12. The Bertz CT molecular complexity index is 434. The monoisotopic (exact) mass is 277 g/mol. The zero-order valence-electron chi connectivity index (χ0n) is 11.9. The minimum absolute atomic E-state index is 0.167. The van der Waals surface area contributed by atoms with Crippen LogP contribution in [-0.4, -0.2) is 24.6 Å². The smallest absolute Gasteiger partial charge is 0.315 e. The molecule has 0 spiro atoms. The zero-order valence-corrected chi connectivity index (χ0v) is 11.9. The Morgan fingerprint density at radius 1 is 1.25 bits per heavy atom. The highest BCUT2D eigenvalue weighted by atomic mass is 16.4. The predicted molar refractivity (Wildman–Crippen MR) is 74.9 cm³/mol. The number of hydrogen-bond donors (Lipinski definition) is 2. The van der Waals surface area contributed by atoms with E-state index >= 15 is 0 Å². The van der Waals surface area contributed by atoms with Crippen LogP contribution in [0, 0.1) is 5.92 Å². The summed E-state index contributed by atoms with van der Waals surface area (Å²) in [5.74, 6) is -1.42. The van der Waals surface area contributed by atoms with Gasteiger partial charge < -0.3 is 20.5 Å². The molecule has 20 heavy (non-hydrogen) atoms. The van der Waals surface area contributed by atoms with Crippen molar-refractivity contribution in [3.63, 3.8) is 0 Å². The summed E-state index contributed by atoms with van der Waals surface area (Å²) in [7, 11) is 0. The third-order valence-corrected chi connectivity index (χ3v) is 3.30. The van der Waals surface area contributed by atoms with E-state index in [1.165, 1.54) is 0 Å². The molecule has 1 aromatic rings. The van der Waals surface area contributed by atoms with E-state index in [-0.39, 0.29) is 5.92 Å². The van der Waals surface area contributed by atoms with Crippen molar-refractivity contribution < 1.29 is 14.7 Å². The molecule has 0 saturated heterocycles. The number of nitrogens with one attached hydrogen (secondary N) is 2. The number of amides is 2. The summed E-state index contributed by atoms with van der Waals surface area (Å²) in [6.45, 7) is 4.09. The van der Waals surface area contributed by atoms with Crippen LogP contribution >= 0.6 is 0 Å². The Morgan fingerprint density at radius 3 is 2.45 bits per heavy atom. The molecule has 0 heterocycles. The van der Waals surface area contributed by atoms with Gasteiger partial charge in [-0.1, -0.05) is 50.6 Å². The van der Waals surface area contributed by atoms with Crippen LogP contribution in [0.15, 0.2) is 30.3 Å². The van der Waals surface area contributed by atoms with Gasteiger partial charge in [0.25, 0.3) is 0 Å². The van der Waals surface area contributed by atoms with Crippen molar-refractivity contribution in [1.82, 2.24) is 10.6 Å². The second-order valence-electron chi connectivity index (χ2n) is 4.82. The van der Waals surface area contributed by atoms with Gasteiger partial charge in [0, 0.05) is 6.54 Å². The maximum absolute atomic E-state index is 11.7. The zero-order chi connectivity index (χ0) is 15.0. The highest BCUT2D eigenvalue weighted by Gasteiger charge is 2.18. The second kappa shape index (κ2) is 8.19. The fraction of sp³-hybridized carbons (Fsp3) is 0.467. The van der Waals surface area contributed by atoms with Crippen LogP contribution in [0.3, 0.4) is 0 Å². The molecule has 1 rings (SSSR count). The third-order valence-electron chi connectivity index (χ3n) is 3.30. The first-order chi connectivity index (χ1) is 9.54. The Labute approximate surface area is 119 Å². The van der Waals surface area contributed by atoms with E-state index in [0.717, 1.165) is 5.56 Å². The number of carbonyl (C=O) groups excluding carboxylic acids is 2. The largest absolute Gasteiger partial charge is 0.548 e. The Balaban J connectivity index is 2.37. The standard InChI is InChI=1S/C15H22N2O3/c1-3-11(2)13(14(18)19)17-15(20)16-10-9-12-7-5-4-6-8-12/h4-8,11,13H,3,9-10H2,1-2H3,(H,18,19)(H2,16,17,20)/p-1/t11-,13+/m1/s1. The van der Waals surface area contributed by atoms with Gasteiger partial charge in [-0.3, -0.25) is 0 Å². The van der Waals surface area contributed by atoms with Gasteiger partial charge in [0.15, 0.2) is 0 Å². The maximum Gasteiger partial charge on any atom is 0.315 e. The first kappa shape index (κ1) is 16.0. The number of carboxylic acid groups (broad SMARTS) is 1. The summed E-state index contributed by atoms with van der Waals surface area (Å²) in [5, 5.41) is 16.1. The first-order valence-electron chi connectivity index (χ1n) is 6.83. The van der Waals surface area contributed by atoms with Gasteiger partial charge in [-0.2, -0.15) is 0 Å². The van der Waals surface area contributed by atoms with Crippen molar-refractivity contribution in [2.75, 3.05) is 6.54 Å². The molecule has 5 nitrogen and oxygen atoms in total. The van der Waals surface area contributed by atoms with Crippen LogP contribution in [0.2, 0.25) is 0 Å². The van der Waals surface area contributed by atoms with Crippen LogP contribution in [0.25, 0.3) is 0 Å².